The molecule has 17 heavy (non-hydrogen) atoms. The molecule has 100 valence electrons. The summed E-state index contributed by atoms with van der Waals surface area (Å²) < 4.78 is 0. The Morgan fingerprint density at radius 2 is 1.82 bits per heavy atom. The molecule has 2 fully saturated rings. The summed E-state index contributed by atoms with van der Waals surface area (Å²) in [6.45, 7) is 12.1. The molecule has 2 nitrogen and oxygen atoms in total. The second-order valence-corrected chi connectivity index (χ2v) is 6.72. The van der Waals surface area contributed by atoms with Gasteiger partial charge in [0.15, 0.2) is 0 Å². The van der Waals surface area contributed by atoms with Gasteiger partial charge in [0.05, 0.1) is 0 Å². The van der Waals surface area contributed by atoms with Crippen LogP contribution in [-0.2, 0) is 0 Å². The second kappa shape index (κ2) is 5.71. The lowest BCUT2D eigenvalue weighted by Gasteiger charge is -2.44. The maximum absolute atomic E-state index is 3.73. The number of piperidine rings is 1. The first kappa shape index (κ1) is 13.4. The van der Waals surface area contributed by atoms with Crippen LogP contribution in [-0.4, -0.2) is 36.1 Å². The van der Waals surface area contributed by atoms with Crippen molar-refractivity contribution in [1.29, 1.82) is 0 Å². The standard InChI is InChI=1S/C15H30N2/c1-11(2)15(9-16-14-7-8-14)17-10-12(3)5-6-13(17)4/h11-16H,5-10H2,1-4H3. The van der Waals surface area contributed by atoms with E-state index in [1.165, 1.54) is 38.8 Å². The lowest BCUT2D eigenvalue weighted by Crippen LogP contribution is -2.53. The van der Waals surface area contributed by atoms with Crippen molar-refractivity contribution in [2.75, 3.05) is 13.1 Å². The lowest BCUT2D eigenvalue weighted by molar-refractivity contribution is 0.0540. The molecule has 1 saturated heterocycles. The molecule has 1 aliphatic heterocycles. The van der Waals surface area contributed by atoms with E-state index in [1.807, 2.05) is 0 Å². The van der Waals surface area contributed by atoms with Gasteiger partial charge in [-0.2, -0.15) is 0 Å². The summed E-state index contributed by atoms with van der Waals surface area (Å²) >= 11 is 0. The van der Waals surface area contributed by atoms with E-state index in [4.69, 9.17) is 0 Å². The molecule has 0 amide bonds. The van der Waals surface area contributed by atoms with E-state index in [0.717, 1.165) is 30.0 Å². The number of rotatable bonds is 5. The summed E-state index contributed by atoms with van der Waals surface area (Å²) in [7, 11) is 0. The van der Waals surface area contributed by atoms with Crippen LogP contribution in [0.1, 0.15) is 53.4 Å². The Balaban J connectivity index is 1.91. The van der Waals surface area contributed by atoms with Crippen LogP contribution in [0.2, 0.25) is 0 Å². The Kier molecular flexibility index (Phi) is 4.48. The minimum atomic E-state index is 0.730. The fourth-order valence-electron chi connectivity index (χ4n) is 3.10. The van der Waals surface area contributed by atoms with Crippen molar-refractivity contribution in [3.05, 3.63) is 0 Å². The molecule has 3 unspecified atom stereocenters. The van der Waals surface area contributed by atoms with Gasteiger partial charge < -0.3 is 5.32 Å². The van der Waals surface area contributed by atoms with Crippen LogP contribution >= 0.6 is 0 Å². The Hall–Kier alpha value is -0.0800. The molecular weight excluding hydrogens is 208 g/mol. The van der Waals surface area contributed by atoms with Gasteiger partial charge in [0.2, 0.25) is 0 Å². The molecule has 1 saturated carbocycles. The van der Waals surface area contributed by atoms with Crippen LogP contribution in [0.15, 0.2) is 0 Å². The number of nitrogens with zero attached hydrogens (tertiary/aromatic N) is 1. The molecule has 1 aliphatic carbocycles. The summed E-state index contributed by atoms with van der Waals surface area (Å²) in [5, 5.41) is 3.73. The topological polar surface area (TPSA) is 15.3 Å². The third-order valence-corrected chi connectivity index (χ3v) is 4.55. The van der Waals surface area contributed by atoms with Crippen molar-refractivity contribution in [3.8, 4) is 0 Å². The molecule has 0 aromatic carbocycles. The fraction of sp³-hybridized carbons (Fsp3) is 1.00. The van der Waals surface area contributed by atoms with Gasteiger partial charge in [-0.05, 0) is 44.4 Å². The molecule has 0 aromatic rings. The molecule has 2 rings (SSSR count). The average Bonchev–Trinajstić information content (AvgIpc) is 3.06. The van der Waals surface area contributed by atoms with Gasteiger partial charge in [-0.3, -0.25) is 4.90 Å². The van der Waals surface area contributed by atoms with E-state index in [9.17, 15) is 0 Å². The van der Waals surface area contributed by atoms with Crippen molar-refractivity contribution in [2.24, 2.45) is 11.8 Å². The summed E-state index contributed by atoms with van der Waals surface area (Å²) in [5.41, 5.74) is 0. The first-order valence-corrected chi connectivity index (χ1v) is 7.57. The van der Waals surface area contributed by atoms with Crippen LogP contribution in [0, 0.1) is 11.8 Å². The van der Waals surface area contributed by atoms with Crippen molar-refractivity contribution < 1.29 is 0 Å². The second-order valence-electron chi connectivity index (χ2n) is 6.72. The van der Waals surface area contributed by atoms with Gasteiger partial charge in [-0.1, -0.05) is 20.8 Å². The molecule has 0 spiro atoms. The molecular formula is C15H30N2. The van der Waals surface area contributed by atoms with Gasteiger partial charge in [-0.25, -0.2) is 0 Å². The number of hydrogen-bond acceptors (Lipinski definition) is 2. The smallest absolute Gasteiger partial charge is 0.0246 e. The monoisotopic (exact) mass is 238 g/mol. The predicted octanol–water partition coefficient (Wildman–Crippen LogP) is 2.88. The molecule has 0 radical (unpaired) electrons. The molecule has 3 atom stereocenters. The highest BCUT2D eigenvalue weighted by atomic mass is 15.2. The Morgan fingerprint density at radius 1 is 1.12 bits per heavy atom. The van der Waals surface area contributed by atoms with Crippen molar-refractivity contribution >= 4 is 0 Å². The van der Waals surface area contributed by atoms with Gasteiger partial charge in [-0.15, -0.1) is 0 Å². The van der Waals surface area contributed by atoms with Gasteiger partial charge in [0.1, 0.15) is 0 Å². The zero-order valence-electron chi connectivity index (χ0n) is 12.1. The van der Waals surface area contributed by atoms with Crippen LogP contribution in [0.3, 0.4) is 0 Å². The molecule has 2 heteroatoms. The number of nitrogens with one attached hydrogen (secondary N) is 1. The summed E-state index contributed by atoms with van der Waals surface area (Å²) in [4.78, 5) is 2.77. The molecule has 0 aromatic heterocycles. The SMILES string of the molecule is CC1CCC(C)N(C(CNC2CC2)C(C)C)C1. The minimum Gasteiger partial charge on any atom is -0.312 e. The van der Waals surface area contributed by atoms with Crippen molar-refractivity contribution in [2.45, 2.75) is 71.5 Å². The summed E-state index contributed by atoms with van der Waals surface area (Å²) in [6.07, 6.45) is 5.60. The summed E-state index contributed by atoms with van der Waals surface area (Å²) in [6, 6.07) is 2.35. The first-order chi connectivity index (χ1) is 8.08. The van der Waals surface area contributed by atoms with E-state index in [-0.39, 0.29) is 0 Å². The normalized spacial score (nSPS) is 33.0. The molecule has 1 N–H and O–H groups in total. The fourth-order valence-corrected chi connectivity index (χ4v) is 3.10. The highest BCUT2D eigenvalue weighted by Crippen LogP contribution is 2.27. The lowest BCUT2D eigenvalue weighted by atomic mass is 9.90. The highest BCUT2D eigenvalue weighted by molar-refractivity contribution is 4.89. The number of hydrogen-bond donors (Lipinski definition) is 1. The van der Waals surface area contributed by atoms with Gasteiger partial charge in [0.25, 0.3) is 0 Å². The highest BCUT2D eigenvalue weighted by Gasteiger charge is 2.31. The van der Waals surface area contributed by atoms with E-state index in [1.54, 1.807) is 0 Å². The number of likely N-dealkylation sites (tertiary alicyclic amines) is 1. The van der Waals surface area contributed by atoms with Crippen LogP contribution in [0.4, 0.5) is 0 Å². The van der Waals surface area contributed by atoms with E-state index in [0.29, 0.717) is 0 Å². The van der Waals surface area contributed by atoms with Crippen molar-refractivity contribution in [3.63, 3.8) is 0 Å². The molecule has 2 aliphatic rings. The van der Waals surface area contributed by atoms with E-state index < -0.39 is 0 Å². The quantitative estimate of drug-likeness (QED) is 0.792. The Labute approximate surface area is 107 Å². The third-order valence-electron chi connectivity index (χ3n) is 4.55. The van der Waals surface area contributed by atoms with Crippen LogP contribution in [0.5, 0.6) is 0 Å². The predicted molar refractivity (Wildman–Crippen MR) is 74.2 cm³/mol. The van der Waals surface area contributed by atoms with Gasteiger partial charge >= 0.3 is 0 Å². The van der Waals surface area contributed by atoms with Crippen molar-refractivity contribution in [1.82, 2.24) is 10.2 Å². The largest absolute Gasteiger partial charge is 0.312 e. The maximum Gasteiger partial charge on any atom is 0.0246 e. The maximum atomic E-state index is 3.73. The molecule has 0 bridgehead atoms. The Bertz CT molecular complexity index is 235. The van der Waals surface area contributed by atoms with Crippen LogP contribution < -0.4 is 5.32 Å². The Morgan fingerprint density at radius 3 is 2.41 bits per heavy atom. The summed E-state index contributed by atoms with van der Waals surface area (Å²) in [5.74, 6) is 1.64. The zero-order chi connectivity index (χ0) is 12.4. The minimum absolute atomic E-state index is 0.730. The van der Waals surface area contributed by atoms with Crippen LogP contribution in [0.25, 0.3) is 0 Å². The molecule has 1 heterocycles. The average molecular weight is 238 g/mol. The van der Waals surface area contributed by atoms with Gasteiger partial charge in [0, 0.05) is 31.2 Å². The first-order valence-electron chi connectivity index (χ1n) is 7.57. The van der Waals surface area contributed by atoms with E-state index >= 15 is 0 Å². The van der Waals surface area contributed by atoms with E-state index in [2.05, 4.69) is 37.9 Å². The zero-order valence-corrected chi connectivity index (χ0v) is 12.1. The third kappa shape index (κ3) is 3.69.